The van der Waals surface area contributed by atoms with Gasteiger partial charge in [0.05, 0.1) is 16.7 Å². The van der Waals surface area contributed by atoms with Gasteiger partial charge < -0.3 is 5.73 Å². The van der Waals surface area contributed by atoms with E-state index in [0.29, 0.717) is 0 Å². The fraction of sp³-hybridized carbons (Fsp3) is 0.571. The number of aryl methyl sites for hydroxylation is 2. The van der Waals surface area contributed by atoms with Gasteiger partial charge in [-0.1, -0.05) is 0 Å². The first-order chi connectivity index (χ1) is 5.24. The molecule has 0 fully saturated rings. The maximum atomic E-state index is 4.29. The first-order valence-electron chi connectivity index (χ1n) is 3.73. The lowest BCUT2D eigenvalue weighted by Gasteiger charge is -1.95. The van der Waals surface area contributed by atoms with E-state index >= 15 is 0 Å². The van der Waals surface area contributed by atoms with Crippen LogP contribution in [0.3, 0.4) is 0 Å². The minimum atomic E-state index is 0.968. The smallest absolute Gasteiger partial charge is 0.0757 e. The lowest BCUT2D eigenvalue weighted by molar-refractivity contribution is -0.368. The number of hydrogen-bond acceptors (Lipinski definition) is 1. The summed E-state index contributed by atoms with van der Waals surface area (Å²) in [5, 5.41) is 4.29. The Bertz CT molecular complexity index is 212. The van der Waals surface area contributed by atoms with Crippen molar-refractivity contribution in [2.75, 3.05) is 6.54 Å². The molecule has 1 aromatic rings. The Labute approximate surface area is 74.7 Å². The molecular weight excluding hydrogens is 206 g/mol. The van der Waals surface area contributed by atoms with Crippen LogP contribution in [-0.4, -0.2) is 16.3 Å². The van der Waals surface area contributed by atoms with Crippen LogP contribution in [0.5, 0.6) is 0 Å². The first kappa shape index (κ1) is 8.74. The fourth-order valence-corrected chi connectivity index (χ4v) is 1.20. The molecule has 0 radical (unpaired) electrons. The summed E-state index contributed by atoms with van der Waals surface area (Å²) >= 11 is 3.41. The molecule has 0 bridgehead atoms. The lowest BCUT2D eigenvalue weighted by Crippen LogP contribution is -2.50. The van der Waals surface area contributed by atoms with Crippen molar-refractivity contribution in [3.8, 4) is 0 Å². The molecule has 0 saturated carbocycles. The van der Waals surface area contributed by atoms with E-state index in [1.165, 1.54) is 0 Å². The summed E-state index contributed by atoms with van der Waals surface area (Å²) in [4.78, 5) is 0. The number of quaternary nitrogens is 1. The molecule has 0 amide bonds. The normalized spacial score (nSPS) is 10.5. The number of aromatic nitrogens is 2. The van der Waals surface area contributed by atoms with Crippen LogP contribution in [0, 0.1) is 6.92 Å². The number of halogens is 1. The summed E-state index contributed by atoms with van der Waals surface area (Å²) in [5.74, 6) is 0. The van der Waals surface area contributed by atoms with Crippen LogP contribution in [0.1, 0.15) is 12.1 Å². The van der Waals surface area contributed by atoms with Crippen molar-refractivity contribution in [1.82, 2.24) is 9.78 Å². The van der Waals surface area contributed by atoms with Gasteiger partial charge in [0.1, 0.15) is 0 Å². The van der Waals surface area contributed by atoms with E-state index < -0.39 is 0 Å². The summed E-state index contributed by atoms with van der Waals surface area (Å²) in [7, 11) is 0. The topological polar surface area (TPSA) is 45.5 Å². The highest BCUT2D eigenvalue weighted by atomic mass is 79.9. The standard InChI is InChI=1S/C7H12BrN3/c1-6-7(8)5-11(10-6)4-2-3-9/h5H,2-4,9H2,1H3/p+1. The predicted molar refractivity (Wildman–Crippen MR) is 47.0 cm³/mol. The quantitative estimate of drug-likeness (QED) is 0.794. The molecule has 0 aromatic carbocycles. The molecule has 1 rings (SSSR count). The summed E-state index contributed by atoms with van der Waals surface area (Å²) < 4.78 is 3.03. The molecule has 0 atom stereocenters. The van der Waals surface area contributed by atoms with Crippen molar-refractivity contribution in [3.05, 3.63) is 16.4 Å². The minimum Gasteiger partial charge on any atom is -0.358 e. The maximum absolute atomic E-state index is 4.29. The van der Waals surface area contributed by atoms with Crippen molar-refractivity contribution >= 4 is 15.9 Å². The summed E-state index contributed by atoms with van der Waals surface area (Å²) in [6.45, 7) is 3.93. The molecular formula is C7H13BrN3+. The zero-order chi connectivity index (χ0) is 8.27. The molecule has 1 aromatic heterocycles. The summed E-state index contributed by atoms with van der Waals surface area (Å²) in [6, 6.07) is 0. The van der Waals surface area contributed by atoms with Crippen molar-refractivity contribution in [2.24, 2.45) is 0 Å². The van der Waals surface area contributed by atoms with Crippen LogP contribution in [0.4, 0.5) is 0 Å². The number of nitrogens with zero attached hydrogens (tertiary/aromatic N) is 2. The van der Waals surface area contributed by atoms with E-state index in [4.69, 9.17) is 0 Å². The first-order valence-corrected chi connectivity index (χ1v) is 4.52. The molecule has 3 nitrogen and oxygen atoms in total. The molecule has 0 aliphatic heterocycles. The van der Waals surface area contributed by atoms with Gasteiger partial charge in [0, 0.05) is 19.2 Å². The average molecular weight is 219 g/mol. The third kappa shape index (κ3) is 2.31. The average Bonchev–Trinajstić information content (AvgIpc) is 2.28. The molecule has 3 N–H and O–H groups in total. The van der Waals surface area contributed by atoms with Gasteiger partial charge in [0.25, 0.3) is 0 Å². The van der Waals surface area contributed by atoms with Gasteiger partial charge >= 0.3 is 0 Å². The van der Waals surface area contributed by atoms with E-state index in [0.717, 1.165) is 29.7 Å². The van der Waals surface area contributed by atoms with E-state index in [1.807, 2.05) is 17.8 Å². The van der Waals surface area contributed by atoms with Gasteiger partial charge in [-0.25, -0.2) is 0 Å². The van der Waals surface area contributed by atoms with Crippen LogP contribution in [0.2, 0.25) is 0 Å². The monoisotopic (exact) mass is 218 g/mol. The van der Waals surface area contributed by atoms with E-state index in [2.05, 4.69) is 26.8 Å². The molecule has 0 aliphatic rings. The van der Waals surface area contributed by atoms with Gasteiger partial charge in [0.2, 0.25) is 0 Å². The van der Waals surface area contributed by atoms with Gasteiger partial charge in [0.15, 0.2) is 0 Å². The molecule has 0 unspecified atom stereocenters. The lowest BCUT2D eigenvalue weighted by atomic mass is 10.4. The summed E-state index contributed by atoms with van der Waals surface area (Å²) in [6.07, 6.45) is 3.10. The number of hydrogen-bond donors (Lipinski definition) is 1. The predicted octanol–water partition coefficient (Wildman–Crippen LogP) is 0.586. The van der Waals surface area contributed by atoms with Gasteiger partial charge in [-0.05, 0) is 22.9 Å². The highest BCUT2D eigenvalue weighted by Crippen LogP contribution is 2.12. The van der Waals surface area contributed by atoms with Crippen LogP contribution >= 0.6 is 15.9 Å². The largest absolute Gasteiger partial charge is 0.358 e. The Hall–Kier alpha value is -0.350. The van der Waals surface area contributed by atoms with E-state index in [9.17, 15) is 0 Å². The molecule has 62 valence electrons. The summed E-state index contributed by atoms with van der Waals surface area (Å²) in [5.41, 5.74) is 4.83. The SMILES string of the molecule is Cc1nn(CCC[NH3+])cc1Br. The Morgan fingerprint density at radius 1 is 1.73 bits per heavy atom. The van der Waals surface area contributed by atoms with Crippen LogP contribution < -0.4 is 5.73 Å². The highest BCUT2D eigenvalue weighted by Gasteiger charge is 1.99. The molecule has 0 aliphatic carbocycles. The van der Waals surface area contributed by atoms with Gasteiger partial charge in [-0.15, -0.1) is 0 Å². The van der Waals surface area contributed by atoms with Crippen molar-refractivity contribution in [2.45, 2.75) is 19.9 Å². The Kier molecular flexibility index (Phi) is 3.08. The molecule has 0 spiro atoms. The third-order valence-electron chi connectivity index (χ3n) is 1.52. The zero-order valence-electron chi connectivity index (χ0n) is 6.68. The van der Waals surface area contributed by atoms with Crippen LogP contribution in [0.25, 0.3) is 0 Å². The molecule has 0 saturated heterocycles. The minimum absolute atomic E-state index is 0.968. The molecule has 11 heavy (non-hydrogen) atoms. The highest BCUT2D eigenvalue weighted by molar-refractivity contribution is 9.10. The van der Waals surface area contributed by atoms with E-state index in [1.54, 1.807) is 0 Å². The second-order valence-electron chi connectivity index (χ2n) is 2.53. The van der Waals surface area contributed by atoms with E-state index in [-0.39, 0.29) is 0 Å². The van der Waals surface area contributed by atoms with Crippen LogP contribution in [0.15, 0.2) is 10.7 Å². The Morgan fingerprint density at radius 3 is 2.91 bits per heavy atom. The number of rotatable bonds is 3. The molecule has 1 heterocycles. The second-order valence-corrected chi connectivity index (χ2v) is 3.39. The van der Waals surface area contributed by atoms with Crippen LogP contribution in [-0.2, 0) is 6.54 Å². The van der Waals surface area contributed by atoms with Crippen molar-refractivity contribution < 1.29 is 5.73 Å². The Morgan fingerprint density at radius 2 is 2.45 bits per heavy atom. The van der Waals surface area contributed by atoms with Crippen molar-refractivity contribution in [3.63, 3.8) is 0 Å². The Balaban J connectivity index is 2.58. The second kappa shape index (κ2) is 3.88. The molecule has 4 heteroatoms. The van der Waals surface area contributed by atoms with Gasteiger partial charge in [-0.2, -0.15) is 5.10 Å². The van der Waals surface area contributed by atoms with Gasteiger partial charge in [-0.3, -0.25) is 4.68 Å². The fourth-order valence-electron chi connectivity index (χ4n) is 0.882. The zero-order valence-corrected chi connectivity index (χ0v) is 8.26. The maximum Gasteiger partial charge on any atom is 0.0757 e. The van der Waals surface area contributed by atoms with Crippen molar-refractivity contribution in [1.29, 1.82) is 0 Å². The third-order valence-corrected chi connectivity index (χ3v) is 2.30.